The number of cyclic esters (lactones) is 1. The molecule has 7 N–H and O–H groups in total. The predicted octanol–water partition coefficient (Wildman–Crippen LogP) is -0.552. The Morgan fingerprint density at radius 1 is 1.14 bits per heavy atom. The number of quaternary nitrogens is 1. The number of rotatable bonds is 3. The lowest BCUT2D eigenvalue weighted by Gasteiger charge is -2.67. The minimum Gasteiger partial charge on any atom is -0.549 e. The lowest BCUT2D eigenvalue weighted by Crippen LogP contribution is -2.72. The molecule has 0 spiro atoms. The van der Waals surface area contributed by atoms with E-state index in [1.165, 1.54) is 0 Å². The van der Waals surface area contributed by atoms with Crippen molar-refractivity contribution in [3.05, 3.63) is 11.6 Å². The molecule has 4 saturated carbocycles. The summed E-state index contributed by atoms with van der Waals surface area (Å²) in [6, 6.07) is 0. The summed E-state index contributed by atoms with van der Waals surface area (Å²) in [5.74, 6) is -2.19. The smallest absolute Gasteiger partial charge is 0.331 e. The number of esters is 1. The summed E-state index contributed by atoms with van der Waals surface area (Å²) in [6.45, 7) is 6.26. The lowest BCUT2D eigenvalue weighted by atomic mass is 9.41. The zero-order valence-corrected chi connectivity index (χ0v) is 21.8. The Hall–Kier alpha value is -1.52. The van der Waals surface area contributed by atoms with E-state index in [1.807, 2.05) is 13.8 Å². The van der Waals surface area contributed by atoms with E-state index in [2.05, 4.69) is 12.7 Å². The van der Waals surface area contributed by atoms with Crippen LogP contribution in [0.5, 0.6) is 0 Å². The Morgan fingerprint density at radius 3 is 2.33 bits per heavy atom. The largest absolute Gasteiger partial charge is 0.549 e. The molecule has 36 heavy (non-hydrogen) atoms. The van der Waals surface area contributed by atoms with Crippen LogP contribution in [0.3, 0.4) is 0 Å². The zero-order valence-electron chi connectivity index (χ0n) is 21.8. The molecule has 0 saturated heterocycles. The van der Waals surface area contributed by atoms with Crippen molar-refractivity contribution in [3.8, 4) is 0 Å². The second-order valence-electron chi connectivity index (χ2n) is 13.1. The third-order valence-electron chi connectivity index (χ3n) is 10.3. The van der Waals surface area contributed by atoms with Gasteiger partial charge in [0.15, 0.2) is 0 Å². The van der Waals surface area contributed by atoms with E-state index >= 15 is 0 Å². The summed E-state index contributed by atoms with van der Waals surface area (Å²) in [5, 5.41) is 54.6. The van der Waals surface area contributed by atoms with Gasteiger partial charge in [-0.1, -0.05) is 6.92 Å². The highest BCUT2D eigenvalue weighted by molar-refractivity contribution is 5.85. The van der Waals surface area contributed by atoms with Gasteiger partial charge in [0.1, 0.15) is 12.1 Å². The highest BCUT2D eigenvalue weighted by Crippen LogP contribution is 2.70. The Bertz CT molecular complexity index is 929. The molecule has 8 atom stereocenters. The maximum Gasteiger partial charge on any atom is 0.331 e. The van der Waals surface area contributed by atoms with Crippen LogP contribution in [-0.2, 0) is 14.3 Å². The summed E-state index contributed by atoms with van der Waals surface area (Å²) in [6.07, 6.45) is 4.64. The van der Waals surface area contributed by atoms with Gasteiger partial charge in [0.2, 0.25) is 0 Å². The molecule has 0 radical (unpaired) electrons. The summed E-state index contributed by atoms with van der Waals surface area (Å²) in [5.41, 5.74) is -0.0473. The molecule has 4 aliphatic carbocycles. The second-order valence-corrected chi connectivity index (χ2v) is 13.1. The van der Waals surface area contributed by atoms with E-state index in [1.54, 1.807) is 6.08 Å². The van der Waals surface area contributed by atoms with Crippen molar-refractivity contribution in [3.63, 3.8) is 0 Å². The number of hydrogen-bond acceptors (Lipinski definition) is 8. The number of ether oxygens (including phenoxy) is 1. The molecular weight excluding hydrogens is 466 g/mol. The molecule has 9 nitrogen and oxygen atoms in total. The molecule has 0 bridgehead atoms. The third-order valence-corrected chi connectivity index (χ3v) is 10.3. The van der Waals surface area contributed by atoms with E-state index in [0.717, 1.165) is 12.0 Å². The fraction of sp³-hybridized carbons (Fsp3) is 0.852. The zero-order chi connectivity index (χ0) is 26.7. The molecule has 0 unspecified atom stereocenters. The molecular formula is C27H43NO8. The van der Waals surface area contributed by atoms with Crippen LogP contribution in [0.15, 0.2) is 11.6 Å². The Labute approximate surface area is 212 Å². The molecule has 1 heterocycles. The standard InChI is InChI=1S/C23H32O7.C4H11NO/c1-20-6-3-16-17(23(20,29)9-5-15(20)13-10-18(25)30-12-13)4-7-21(28)11-14(24)2-8-22(16,21)19(26)27;1-4(2,5)3-6/h10,14-17,24,28-29H,2-9,11-12H2,1H3,(H,26,27);6H,3,5H2,1-2H3/t14-,15+,16-,17+,20+,21-,22+,23-;/m0./s1. The van der Waals surface area contributed by atoms with Gasteiger partial charge in [-0.3, -0.25) is 0 Å². The number of aliphatic hydroxyl groups excluding tert-OH is 2. The van der Waals surface area contributed by atoms with E-state index < -0.39 is 34.1 Å². The first-order chi connectivity index (χ1) is 16.6. The van der Waals surface area contributed by atoms with Gasteiger partial charge in [0, 0.05) is 23.3 Å². The molecule has 5 aliphatic rings. The second kappa shape index (κ2) is 9.05. The van der Waals surface area contributed by atoms with Crippen LogP contribution < -0.4 is 10.8 Å². The molecule has 0 aromatic carbocycles. The van der Waals surface area contributed by atoms with Gasteiger partial charge in [-0.05, 0) is 88.5 Å². The molecule has 0 aromatic rings. The van der Waals surface area contributed by atoms with Gasteiger partial charge in [-0.15, -0.1) is 0 Å². The van der Waals surface area contributed by atoms with Crippen LogP contribution in [-0.4, -0.2) is 68.4 Å². The van der Waals surface area contributed by atoms with E-state index in [9.17, 15) is 30.0 Å². The number of aliphatic carboxylic acids is 1. The van der Waals surface area contributed by atoms with Crippen molar-refractivity contribution in [2.75, 3.05) is 13.2 Å². The fourth-order valence-electron chi connectivity index (χ4n) is 8.47. The van der Waals surface area contributed by atoms with Gasteiger partial charge >= 0.3 is 5.97 Å². The first kappa shape index (κ1) is 27.5. The molecule has 1 aliphatic heterocycles. The van der Waals surface area contributed by atoms with Crippen molar-refractivity contribution in [1.29, 1.82) is 0 Å². The number of carbonyl (C=O) groups excluding carboxylic acids is 2. The lowest BCUT2D eigenvalue weighted by molar-refractivity contribution is -0.471. The molecule has 204 valence electrons. The molecule has 9 heteroatoms. The van der Waals surface area contributed by atoms with Crippen LogP contribution in [0.2, 0.25) is 0 Å². The minimum absolute atomic E-state index is 0.0304. The topological polar surface area (TPSA) is 175 Å². The van der Waals surface area contributed by atoms with E-state index in [0.29, 0.717) is 32.1 Å². The number of carboxylic acid groups (broad SMARTS) is 1. The highest BCUT2D eigenvalue weighted by atomic mass is 16.5. The first-order valence-corrected chi connectivity index (χ1v) is 13.3. The SMILES string of the molecule is CC(C)([NH3+])CO.C[C@]12CC[C@H]3[C@@H](CC[C@]4(O)C[C@@H](O)CC[C@]34C(=O)[O-])[C@@]1(O)CC[C@@H]2C1=CC(=O)OC1. The number of fused-ring (bicyclic) bond motifs is 5. The van der Waals surface area contributed by atoms with Gasteiger partial charge in [-0.2, -0.15) is 0 Å². The van der Waals surface area contributed by atoms with Gasteiger partial charge < -0.3 is 40.8 Å². The van der Waals surface area contributed by atoms with Crippen molar-refractivity contribution in [2.45, 2.75) is 101 Å². The summed E-state index contributed by atoms with van der Waals surface area (Å²) in [7, 11) is 0. The number of carboxylic acids is 1. The van der Waals surface area contributed by atoms with Crippen LogP contribution in [0.4, 0.5) is 0 Å². The normalized spacial score (nSPS) is 45.9. The van der Waals surface area contributed by atoms with Gasteiger partial charge in [0.25, 0.3) is 0 Å². The number of aliphatic hydroxyl groups is 4. The molecule has 0 amide bonds. The van der Waals surface area contributed by atoms with Gasteiger partial charge in [-0.25, -0.2) is 4.79 Å². The Balaban J connectivity index is 0.000000455. The average Bonchev–Trinajstić information content (AvgIpc) is 3.32. The van der Waals surface area contributed by atoms with Crippen LogP contribution in [0.1, 0.15) is 78.6 Å². The fourth-order valence-corrected chi connectivity index (χ4v) is 8.47. The summed E-state index contributed by atoms with van der Waals surface area (Å²) >= 11 is 0. The first-order valence-electron chi connectivity index (χ1n) is 13.3. The van der Waals surface area contributed by atoms with Crippen LogP contribution in [0.25, 0.3) is 0 Å². The maximum atomic E-state index is 12.6. The number of hydrogen-bond donors (Lipinski definition) is 5. The van der Waals surface area contributed by atoms with Crippen LogP contribution >= 0.6 is 0 Å². The maximum absolute atomic E-state index is 12.6. The Kier molecular flexibility index (Phi) is 6.91. The van der Waals surface area contributed by atoms with Crippen molar-refractivity contribution in [1.82, 2.24) is 0 Å². The van der Waals surface area contributed by atoms with Crippen LogP contribution in [0, 0.1) is 28.6 Å². The third kappa shape index (κ3) is 4.02. The van der Waals surface area contributed by atoms with Crippen molar-refractivity contribution >= 4 is 11.9 Å². The Morgan fingerprint density at radius 2 is 1.78 bits per heavy atom. The van der Waals surface area contributed by atoms with Gasteiger partial charge in [0.05, 0.1) is 29.9 Å². The number of carbonyl (C=O) groups is 2. The molecule has 4 fully saturated rings. The van der Waals surface area contributed by atoms with Crippen molar-refractivity contribution < 1.29 is 45.6 Å². The molecule has 0 aromatic heterocycles. The van der Waals surface area contributed by atoms with Crippen molar-refractivity contribution in [2.24, 2.45) is 28.6 Å². The minimum atomic E-state index is -1.50. The summed E-state index contributed by atoms with van der Waals surface area (Å²) in [4.78, 5) is 24.2. The quantitative estimate of drug-likeness (QED) is 0.315. The predicted molar refractivity (Wildman–Crippen MR) is 127 cm³/mol. The van der Waals surface area contributed by atoms with E-state index in [-0.39, 0.29) is 61.7 Å². The highest BCUT2D eigenvalue weighted by Gasteiger charge is 2.71. The summed E-state index contributed by atoms with van der Waals surface area (Å²) < 4.78 is 5.13. The average molecular weight is 510 g/mol. The molecule has 5 rings (SSSR count). The van der Waals surface area contributed by atoms with E-state index in [4.69, 9.17) is 9.84 Å². The monoisotopic (exact) mass is 509 g/mol.